The summed E-state index contributed by atoms with van der Waals surface area (Å²) < 4.78 is 36.3. The first kappa shape index (κ1) is 11.6. The van der Waals surface area contributed by atoms with Crippen LogP contribution in [0.4, 0.5) is 4.39 Å². The smallest absolute Gasteiger partial charge is 0.260 e. The van der Waals surface area contributed by atoms with Crippen molar-refractivity contribution < 1.29 is 17.7 Å². The Morgan fingerprint density at radius 2 is 1.80 bits per heavy atom. The van der Waals surface area contributed by atoms with Gasteiger partial charge in [-0.2, -0.15) is 4.39 Å². The number of halogens is 1. The summed E-state index contributed by atoms with van der Waals surface area (Å²) in [5.74, 6) is 0. The molecule has 0 saturated carbocycles. The Morgan fingerprint density at radius 1 is 1.33 bits per heavy atom. The molecule has 0 heterocycles. The Hall–Kier alpha value is -1.50. The van der Waals surface area contributed by atoms with Gasteiger partial charge in [-0.05, 0) is 12.1 Å². The van der Waals surface area contributed by atoms with Crippen LogP contribution in [0.5, 0.6) is 0 Å². The second-order valence-electron chi connectivity index (χ2n) is 2.94. The Labute approximate surface area is 85.6 Å². The van der Waals surface area contributed by atoms with Crippen LogP contribution in [-0.4, -0.2) is 18.5 Å². The third-order valence-corrected chi connectivity index (χ3v) is 3.89. The molecule has 0 radical (unpaired) electrons. The van der Waals surface area contributed by atoms with Gasteiger partial charge in [-0.15, -0.1) is 0 Å². The van der Waals surface area contributed by atoms with Crippen LogP contribution in [0.3, 0.4) is 0 Å². The normalized spacial score (nSPS) is 15.6. The lowest BCUT2D eigenvalue weighted by Gasteiger charge is -2.11. The minimum Gasteiger partial charge on any atom is -0.260 e. The second kappa shape index (κ2) is 3.58. The summed E-state index contributed by atoms with van der Waals surface area (Å²) in [7, 11) is -4.60. The zero-order valence-corrected chi connectivity index (χ0v) is 8.57. The van der Waals surface area contributed by atoms with E-state index in [4.69, 9.17) is 0 Å². The first-order valence-corrected chi connectivity index (χ1v) is 5.41. The molecule has 5 nitrogen and oxygen atoms in total. The Morgan fingerprint density at radius 3 is 2.20 bits per heavy atom. The monoisotopic (exact) mass is 233 g/mol. The van der Waals surface area contributed by atoms with Gasteiger partial charge in [0.2, 0.25) is 0 Å². The van der Waals surface area contributed by atoms with Gasteiger partial charge in [0.05, 0.1) is 16.7 Å². The molecule has 0 fully saturated rings. The van der Waals surface area contributed by atoms with Crippen molar-refractivity contribution in [2.45, 2.75) is 16.9 Å². The summed E-state index contributed by atoms with van der Waals surface area (Å²) in [5, 5.41) is 6.79. The minimum absolute atomic E-state index is 0.410. The Kier molecular flexibility index (Phi) is 2.76. The molecular weight excluding hydrogens is 225 g/mol. The summed E-state index contributed by atoms with van der Waals surface area (Å²) in [6.07, 6.45) is 0. The van der Waals surface area contributed by atoms with Crippen LogP contribution in [0.1, 0.15) is 6.92 Å². The molecular formula is C8H8FNO4S. The summed E-state index contributed by atoms with van der Waals surface area (Å²) in [6.45, 7) is 0.412. The van der Waals surface area contributed by atoms with Crippen LogP contribution in [-0.2, 0) is 9.84 Å². The summed E-state index contributed by atoms with van der Waals surface area (Å²) in [6, 6.07) is 6.47. The molecule has 15 heavy (non-hydrogen) atoms. The van der Waals surface area contributed by atoms with Gasteiger partial charge in [0.1, 0.15) is 0 Å². The zero-order valence-electron chi connectivity index (χ0n) is 7.75. The van der Waals surface area contributed by atoms with Crippen molar-refractivity contribution in [3.05, 3.63) is 40.4 Å². The largest absolute Gasteiger partial charge is 0.459 e. The van der Waals surface area contributed by atoms with Crippen LogP contribution in [0, 0.1) is 10.1 Å². The molecule has 7 heteroatoms. The highest BCUT2D eigenvalue weighted by molar-refractivity contribution is 7.92. The summed E-state index contributed by atoms with van der Waals surface area (Å²) in [4.78, 5) is 8.42. The van der Waals surface area contributed by atoms with E-state index in [1.54, 1.807) is 0 Å². The van der Waals surface area contributed by atoms with Gasteiger partial charge in [-0.3, -0.25) is 10.1 Å². The number of nitrogens with zero attached hydrogens (tertiary/aromatic N) is 1. The van der Waals surface area contributed by atoms with Crippen LogP contribution in [0.15, 0.2) is 35.2 Å². The van der Waals surface area contributed by atoms with E-state index in [0.717, 1.165) is 12.1 Å². The van der Waals surface area contributed by atoms with Crippen LogP contribution in [0.2, 0.25) is 0 Å². The highest BCUT2D eigenvalue weighted by Crippen LogP contribution is 2.27. The predicted molar refractivity (Wildman–Crippen MR) is 50.1 cm³/mol. The summed E-state index contributed by atoms with van der Waals surface area (Å²) >= 11 is 0. The molecule has 1 atom stereocenters. The number of hydrogen-bond acceptors (Lipinski definition) is 4. The molecule has 0 aromatic heterocycles. The average Bonchev–Trinajstić information content (AvgIpc) is 2.18. The van der Waals surface area contributed by atoms with E-state index in [1.165, 1.54) is 18.2 Å². The number of sulfone groups is 1. The van der Waals surface area contributed by atoms with Gasteiger partial charge in [-0.25, -0.2) is 8.42 Å². The lowest BCUT2D eigenvalue weighted by Crippen LogP contribution is -2.38. The Bertz CT molecular complexity index is 469. The first-order chi connectivity index (χ1) is 6.80. The van der Waals surface area contributed by atoms with Crippen LogP contribution >= 0.6 is 0 Å². The van der Waals surface area contributed by atoms with E-state index >= 15 is 0 Å². The fourth-order valence-corrected chi connectivity index (χ4v) is 2.05. The standard InChI is InChI=1S/C8H8FNO4S/c1-8(9,10(11)12)15(13,14)7-5-3-2-4-6-7/h2-6H,1H3. The van der Waals surface area contributed by atoms with E-state index < -0.39 is 24.8 Å². The molecule has 1 aromatic rings. The maximum absolute atomic E-state index is 13.4. The molecule has 0 spiro atoms. The quantitative estimate of drug-likeness (QED) is 0.449. The van der Waals surface area contributed by atoms with Gasteiger partial charge in [0, 0.05) is 0 Å². The average molecular weight is 233 g/mol. The topological polar surface area (TPSA) is 77.3 Å². The molecule has 0 N–H and O–H groups in total. The number of benzene rings is 1. The lowest BCUT2D eigenvalue weighted by atomic mass is 10.4. The van der Waals surface area contributed by atoms with Gasteiger partial charge in [0.15, 0.2) is 0 Å². The lowest BCUT2D eigenvalue weighted by molar-refractivity contribution is -0.568. The zero-order chi connectivity index (χ0) is 11.7. The van der Waals surface area contributed by atoms with Gasteiger partial charge >= 0.3 is 5.12 Å². The fourth-order valence-electron chi connectivity index (χ4n) is 0.913. The molecule has 1 unspecified atom stereocenters. The fraction of sp³-hybridized carbons (Fsp3) is 0.250. The molecule has 1 aromatic carbocycles. The maximum Gasteiger partial charge on any atom is 0.459 e. The Balaban J connectivity index is 3.33. The van der Waals surface area contributed by atoms with Crippen molar-refractivity contribution in [3.63, 3.8) is 0 Å². The van der Waals surface area contributed by atoms with Gasteiger partial charge < -0.3 is 0 Å². The van der Waals surface area contributed by atoms with Crippen LogP contribution in [0.25, 0.3) is 0 Å². The number of hydrogen-bond donors (Lipinski definition) is 0. The molecule has 0 bridgehead atoms. The van der Waals surface area contributed by atoms with E-state index in [-0.39, 0.29) is 0 Å². The van der Waals surface area contributed by atoms with E-state index in [1.807, 2.05) is 0 Å². The van der Waals surface area contributed by atoms with Crippen LogP contribution < -0.4 is 0 Å². The molecule has 0 amide bonds. The van der Waals surface area contributed by atoms with Crippen molar-refractivity contribution in [2.75, 3.05) is 0 Å². The third kappa shape index (κ3) is 1.82. The van der Waals surface area contributed by atoms with Crippen molar-refractivity contribution in [3.8, 4) is 0 Å². The van der Waals surface area contributed by atoms with Gasteiger partial charge in [-0.1, -0.05) is 18.2 Å². The molecule has 0 saturated heterocycles. The third-order valence-electron chi connectivity index (χ3n) is 1.87. The highest BCUT2D eigenvalue weighted by atomic mass is 32.2. The van der Waals surface area contributed by atoms with E-state index in [2.05, 4.69) is 0 Å². The summed E-state index contributed by atoms with van der Waals surface area (Å²) in [5.41, 5.74) is 0. The van der Waals surface area contributed by atoms with Crippen molar-refractivity contribution >= 4 is 9.84 Å². The molecule has 0 aliphatic heterocycles. The maximum atomic E-state index is 13.4. The second-order valence-corrected chi connectivity index (χ2v) is 5.17. The van der Waals surface area contributed by atoms with E-state index in [0.29, 0.717) is 6.92 Å². The SMILES string of the molecule is CC(F)([N+](=O)[O-])S(=O)(=O)c1ccccc1. The van der Waals surface area contributed by atoms with Crippen molar-refractivity contribution in [1.29, 1.82) is 0 Å². The predicted octanol–water partition coefficient (Wildman–Crippen LogP) is 1.38. The minimum atomic E-state index is -4.60. The number of rotatable bonds is 3. The molecule has 0 aliphatic carbocycles. The highest BCUT2D eigenvalue weighted by Gasteiger charge is 2.52. The number of alkyl halides is 1. The van der Waals surface area contributed by atoms with Crippen molar-refractivity contribution in [2.24, 2.45) is 0 Å². The van der Waals surface area contributed by atoms with Crippen molar-refractivity contribution in [1.82, 2.24) is 0 Å². The molecule has 82 valence electrons. The molecule has 1 rings (SSSR count). The molecule has 0 aliphatic rings. The van der Waals surface area contributed by atoms with E-state index in [9.17, 15) is 22.9 Å². The van der Waals surface area contributed by atoms with Gasteiger partial charge in [0.25, 0.3) is 9.84 Å². The first-order valence-electron chi connectivity index (χ1n) is 3.93. The number of nitro groups is 1.